The zero-order chi connectivity index (χ0) is 54.8. The van der Waals surface area contributed by atoms with Crippen LogP contribution in [0.3, 0.4) is 0 Å². The minimum absolute atomic E-state index is 0.0506. The summed E-state index contributed by atoms with van der Waals surface area (Å²) in [6.07, 6.45) is 20.6. The number of imidazole rings is 1. The van der Waals surface area contributed by atoms with Crippen molar-refractivity contribution < 1.29 is 33.1 Å². The van der Waals surface area contributed by atoms with E-state index in [1.54, 1.807) is 67.1 Å². The summed E-state index contributed by atoms with van der Waals surface area (Å²) in [6, 6.07) is 10.4. The summed E-state index contributed by atoms with van der Waals surface area (Å²) < 4.78 is 23.7. The molecule has 2 aliphatic carbocycles. The van der Waals surface area contributed by atoms with E-state index < -0.39 is 17.9 Å². The molecule has 79 heavy (non-hydrogen) atoms. The number of amides is 4. The number of nitrogens with zero attached hydrogens (tertiary/aromatic N) is 8. The highest BCUT2D eigenvalue weighted by atomic mass is 32.1. The number of carbonyl (C=O) groups is 5. The molecule has 6 aromatic rings. The fraction of sp³-hybridized carbons (Fsp3) is 0.500. The summed E-state index contributed by atoms with van der Waals surface area (Å²) in [5.74, 6) is 0.172. The highest BCUT2D eigenvalue weighted by molar-refractivity contribution is 7.10. The number of likely N-dealkylation sites (N-methyl/N-ethyl adjacent to an activating group) is 1. The second-order valence-electron chi connectivity index (χ2n) is 21.5. The number of rotatable bonds is 24. The number of ether oxygens (including phenoxy) is 1. The molecule has 4 aliphatic rings. The molecule has 3 atom stereocenters. The zero-order valence-corrected chi connectivity index (χ0v) is 46.0. The molecule has 0 bridgehead atoms. The number of hydrogen-bond donors (Lipinski definition) is 5. The van der Waals surface area contributed by atoms with Crippen LogP contribution in [0.5, 0.6) is 5.75 Å². The van der Waals surface area contributed by atoms with Gasteiger partial charge in [-0.25, -0.2) is 19.3 Å². The zero-order valence-electron chi connectivity index (χ0n) is 45.2. The lowest BCUT2D eigenvalue weighted by Crippen LogP contribution is -2.55. The predicted octanol–water partition coefficient (Wildman–Crippen LogP) is 7.81. The number of nitrogens with one attached hydrogen (secondary N) is 5. The van der Waals surface area contributed by atoms with Crippen LogP contribution in [0.1, 0.15) is 146 Å². The lowest BCUT2D eigenvalue weighted by atomic mass is 9.83. The molecule has 2 saturated carbocycles. The third kappa shape index (κ3) is 13.5. The Bertz CT molecular complexity index is 3090. The number of benzene rings is 2. The van der Waals surface area contributed by atoms with E-state index in [1.807, 2.05) is 32.5 Å². The molecule has 10 rings (SSSR count). The number of thiazole rings is 1. The topological polar surface area (TPSA) is 224 Å². The Morgan fingerprint density at radius 2 is 1.68 bits per heavy atom. The first-order valence-corrected chi connectivity index (χ1v) is 29.1. The minimum Gasteiger partial charge on any atom is -0.494 e. The molecule has 4 amide bonds. The molecule has 2 saturated heterocycles. The molecule has 2 aromatic carbocycles. The molecule has 5 N–H and O–H groups in total. The van der Waals surface area contributed by atoms with E-state index in [-0.39, 0.29) is 59.2 Å². The summed E-state index contributed by atoms with van der Waals surface area (Å²) >= 11 is 1.40. The van der Waals surface area contributed by atoms with Crippen molar-refractivity contribution in [2.45, 2.75) is 121 Å². The van der Waals surface area contributed by atoms with Gasteiger partial charge in [-0.05, 0) is 102 Å². The third-order valence-corrected chi connectivity index (χ3v) is 16.8. The van der Waals surface area contributed by atoms with E-state index in [1.165, 1.54) is 17.4 Å². The van der Waals surface area contributed by atoms with Gasteiger partial charge in [0.25, 0.3) is 5.91 Å². The van der Waals surface area contributed by atoms with Gasteiger partial charge in [0.2, 0.25) is 23.5 Å². The number of piperazine rings is 1. The van der Waals surface area contributed by atoms with Crippen LogP contribution in [0.2, 0.25) is 0 Å². The Hall–Kier alpha value is -7.10. The first-order valence-electron chi connectivity index (χ1n) is 28.2. The van der Waals surface area contributed by atoms with Gasteiger partial charge in [-0.15, -0.1) is 11.3 Å². The van der Waals surface area contributed by atoms with Crippen LogP contribution in [0.25, 0.3) is 16.9 Å². The average molecular weight is 1100 g/mol. The van der Waals surface area contributed by atoms with Gasteiger partial charge in [-0.3, -0.25) is 38.4 Å². The smallest absolute Gasteiger partial charge is 0.254 e. The summed E-state index contributed by atoms with van der Waals surface area (Å²) in [5, 5.41) is 21.7. The van der Waals surface area contributed by atoms with Crippen LogP contribution >= 0.6 is 11.3 Å². The number of halogens is 1. The standard InChI is InChI=1S/C58H72FN13O6S/c1-37(60-2)55(75)68-51(39-13-7-6-8-14-39)58(77)71-23-12-17-48(71)56-67-47(36-79-56)52(74)40-15-11-16-43(29-40)78-28-10-5-3-4-9-22-61-50(73)35-69-24-26-70(27-25-69)57(76)41-20-21-45(44(59)30-41)65-53-54-62-33-49(42-31-63-64-32-42)72(54)34-46(66-53)38-18-19-38/h11,15-16,20-21,29-34,36-39,48,51,60H,3-10,12-14,17-19,22-28,35H2,1-2H3,(H,61,73)(H,63,64)(H,65,66)(H,68,75)/t37-,48-,51?/m0/s1. The molecule has 2 aliphatic heterocycles. The number of ketones is 1. The summed E-state index contributed by atoms with van der Waals surface area (Å²) in [5.41, 5.74) is 4.45. The van der Waals surface area contributed by atoms with Crippen molar-refractivity contribution in [3.05, 3.63) is 106 Å². The van der Waals surface area contributed by atoms with E-state index in [4.69, 9.17) is 14.7 Å². The van der Waals surface area contributed by atoms with Gasteiger partial charge in [0, 0.05) is 79.7 Å². The fourth-order valence-electron chi connectivity index (χ4n) is 11.0. The molecule has 418 valence electrons. The van der Waals surface area contributed by atoms with Gasteiger partial charge in [0.05, 0.1) is 54.7 Å². The van der Waals surface area contributed by atoms with E-state index in [2.05, 4.69) is 36.4 Å². The van der Waals surface area contributed by atoms with Crippen molar-refractivity contribution in [3.8, 4) is 17.0 Å². The predicted molar refractivity (Wildman–Crippen MR) is 299 cm³/mol. The number of carbonyl (C=O) groups excluding carboxylic acids is 5. The van der Waals surface area contributed by atoms with Crippen molar-refractivity contribution in [3.63, 3.8) is 0 Å². The fourth-order valence-corrected chi connectivity index (χ4v) is 12.0. The van der Waals surface area contributed by atoms with Gasteiger partial charge in [0.15, 0.2) is 11.5 Å². The molecule has 4 fully saturated rings. The van der Waals surface area contributed by atoms with Gasteiger partial charge in [0.1, 0.15) is 28.3 Å². The first-order chi connectivity index (χ1) is 38.5. The molecule has 6 heterocycles. The molecule has 19 nitrogen and oxygen atoms in total. The largest absolute Gasteiger partial charge is 0.494 e. The van der Waals surface area contributed by atoms with E-state index in [0.29, 0.717) is 80.3 Å². The van der Waals surface area contributed by atoms with Crippen molar-refractivity contribution >= 4 is 57.9 Å². The molecular formula is C58H72FN13O6S. The third-order valence-electron chi connectivity index (χ3n) is 15.9. The summed E-state index contributed by atoms with van der Waals surface area (Å²) in [7, 11) is 1.74. The number of H-pyrrole nitrogens is 1. The van der Waals surface area contributed by atoms with Gasteiger partial charge >= 0.3 is 0 Å². The highest BCUT2D eigenvalue weighted by Gasteiger charge is 2.40. The van der Waals surface area contributed by atoms with Crippen LogP contribution < -0.4 is 26.0 Å². The number of anilines is 2. The molecule has 1 unspecified atom stereocenters. The second-order valence-corrected chi connectivity index (χ2v) is 22.4. The molecule has 21 heteroatoms. The van der Waals surface area contributed by atoms with Crippen LogP contribution in [0.15, 0.2) is 72.6 Å². The van der Waals surface area contributed by atoms with E-state index >= 15 is 4.39 Å². The van der Waals surface area contributed by atoms with Gasteiger partial charge < -0.3 is 35.8 Å². The average Bonchev–Trinajstić information content (AvgIpc) is 4.04. The molecular weight excluding hydrogens is 1030 g/mol. The molecule has 4 aromatic heterocycles. The van der Waals surface area contributed by atoms with Gasteiger partial charge in [-0.1, -0.05) is 50.7 Å². The maximum absolute atomic E-state index is 15.7. The van der Waals surface area contributed by atoms with Crippen molar-refractivity contribution in [2.24, 2.45) is 5.92 Å². The van der Waals surface area contributed by atoms with Crippen molar-refractivity contribution in [2.75, 3.05) is 64.8 Å². The lowest BCUT2D eigenvalue weighted by Gasteiger charge is -2.35. The van der Waals surface area contributed by atoms with E-state index in [9.17, 15) is 24.0 Å². The molecule has 0 radical (unpaired) electrons. The summed E-state index contributed by atoms with van der Waals surface area (Å²) in [4.78, 5) is 87.1. The first kappa shape index (κ1) is 55.2. The van der Waals surface area contributed by atoms with E-state index in [0.717, 1.165) is 112 Å². The van der Waals surface area contributed by atoms with Crippen LogP contribution in [0.4, 0.5) is 15.9 Å². The Labute approximate surface area is 463 Å². The number of aromatic nitrogens is 6. The van der Waals surface area contributed by atoms with Crippen LogP contribution in [-0.2, 0) is 14.4 Å². The number of hydrogen-bond acceptors (Lipinski definition) is 14. The number of aromatic amines is 1. The Kier molecular flexibility index (Phi) is 18.0. The summed E-state index contributed by atoms with van der Waals surface area (Å²) in [6.45, 7) is 5.65. The van der Waals surface area contributed by atoms with Crippen LogP contribution in [-0.4, -0.2) is 145 Å². The molecule has 0 spiro atoms. The highest BCUT2D eigenvalue weighted by Crippen LogP contribution is 2.41. The minimum atomic E-state index is -0.583. The maximum Gasteiger partial charge on any atom is 0.254 e. The van der Waals surface area contributed by atoms with Crippen molar-refractivity contribution in [1.82, 2.24) is 60.2 Å². The SMILES string of the molecule is CN[C@@H](C)C(=O)NC(C(=O)N1CCC[C@H]1c1nc(C(=O)c2cccc(OCCCCCCCNC(=O)CN3CCN(C(=O)c4ccc(Nc5nc(C6CC6)cn6c(-c7cn[nH]c7)cnc56)c(F)c4)CC3)c2)cs1)C1CCCCC1. The van der Waals surface area contributed by atoms with Gasteiger partial charge in [-0.2, -0.15) is 5.10 Å². The maximum atomic E-state index is 15.7. The Morgan fingerprint density at radius 1 is 0.873 bits per heavy atom. The normalized spacial score (nSPS) is 17.9. The van der Waals surface area contributed by atoms with Crippen molar-refractivity contribution in [1.29, 1.82) is 0 Å². The lowest BCUT2D eigenvalue weighted by molar-refractivity contribution is -0.139. The quantitative estimate of drug-likeness (QED) is 0.0289. The number of likely N-dealkylation sites (tertiary alicyclic amines) is 1. The monoisotopic (exact) mass is 1100 g/mol. The van der Waals surface area contributed by atoms with Crippen LogP contribution in [0, 0.1) is 11.7 Å². The second kappa shape index (κ2) is 25.8. The Balaban J connectivity index is 0.605. The Morgan fingerprint density at radius 3 is 2.46 bits per heavy atom. The number of fused-ring (bicyclic) bond motifs is 1. The number of unbranched alkanes of at least 4 members (excludes halogenated alkanes) is 4.